The number of nitrogens with one attached hydrogen (secondary N) is 1. The zero-order chi connectivity index (χ0) is 17.5. The summed E-state index contributed by atoms with van der Waals surface area (Å²) in [6.45, 7) is 0.753. The minimum Gasteiger partial charge on any atom is -0.497 e. The summed E-state index contributed by atoms with van der Waals surface area (Å²) in [6.07, 6.45) is 0. The molecule has 0 saturated heterocycles. The Labute approximate surface area is 148 Å². The number of hydrogen-bond acceptors (Lipinski definition) is 4. The Bertz CT molecular complexity index is 781. The van der Waals surface area contributed by atoms with E-state index in [4.69, 9.17) is 14.2 Å². The molecule has 0 spiro atoms. The van der Waals surface area contributed by atoms with Crippen molar-refractivity contribution < 1.29 is 14.2 Å². The smallest absolute Gasteiger partial charge is 0.127 e. The molecular weight excluding hydrogens is 314 g/mol. The van der Waals surface area contributed by atoms with Crippen molar-refractivity contribution in [2.24, 2.45) is 0 Å². The van der Waals surface area contributed by atoms with Crippen molar-refractivity contribution in [2.45, 2.75) is 6.54 Å². The van der Waals surface area contributed by atoms with Crippen molar-refractivity contribution in [3.8, 4) is 23.0 Å². The molecule has 0 atom stereocenters. The van der Waals surface area contributed by atoms with Gasteiger partial charge in [0.25, 0.3) is 0 Å². The van der Waals surface area contributed by atoms with E-state index < -0.39 is 0 Å². The number of hydrogen-bond donors (Lipinski definition) is 1. The molecule has 4 heteroatoms. The van der Waals surface area contributed by atoms with Crippen LogP contribution in [0.25, 0.3) is 0 Å². The van der Waals surface area contributed by atoms with Gasteiger partial charge in [0.05, 0.1) is 14.2 Å². The molecule has 3 aromatic carbocycles. The van der Waals surface area contributed by atoms with Gasteiger partial charge in [-0.1, -0.05) is 12.1 Å². The van der Waals surface area contributed by atoms with Crippen LogP contribution in [-0.4, -0.2) is 14.2 Å². The molecular formula is C21H21NO3. The molecule has 0 radical (unpaired) electrons. The van der Waals surface area contributed by atoms with Gasteiger partial charge in [-0.3, -0.25) is 0 Å². The number of methoxy groups -OCH3 is 2. The molecule has 0 unspecified atom stereocenters. The molecule has 0 amide bonds. The highest BCUT2D eigenvalue weighted by molar-refractivity contribution is 5.48. The van der Waals surface area contributed by atoms with E-state index in [2.05, 4.69) is 5.32 Å². The third-order valence-corrected chi connectivity index (χ3v) is 3.81. The maximum absolute atomic E-state index is 5.82. The van der Waals surface area contributed by atoms with E-state index in [0.717, 1.165) is 35.2 Å². The van der Waals surface area contributed by atoms with Crippen LogP contribution in [-0.2, 0) is 6.54 Å². The lowest BCUT2D eigenvalue weighted by atomic mass is 10.2. The Morgan fingerprint density at radius 3 is 1.56 bits per heavy atom. The van der Waals surface area contributed by atoms with Crippen LogP contribution in [0.5, 0.6) is 23.0 Å². The SMILES string of the molecule is COc1ccc(CNc2ccc(Oc3ccc(OC)cc3)cc2)cc1. The monoisotopic (exact) mass is 335 g/mol. The van der Waals surface area contributed by atoms with Gasteiger partial charge in [-0.2, -0.15) is 0 Å². The van der Waals surface area contributed by atoms with Gasteiger partial charge in [-0.15, -0.1) is 0 Å². The van der Waals surface area contributed by atoms with Crippen molar-refractivity contribution in [3.05, 3.63) is 78.4 Å². The number of anilines is 1. The van der Waals surface area contributed by atoms with Crippen LogP contribution in [0, 0.1) is 0 Å². The summed E-state index contributed by atoms with van der Waals surface area (Å²) < 4.78 is 16.1. The van der Waals surface area contributed by atoms with Gasteiger partial charge in [-0.25, -0.2) is 0 Å². The lowest BCUT2D eigenvalue weighted by Gasteiger charge is -2.10. The fourth-order valence-corrected chi connectivity index (χ4v) is 2.37. The van der Waals surface area contributed by atoms with E-state index in [1.807, 2.05) is 72.8 Å². The predicted molar refractivity (Wildman–Crippen MR) is 99.8 cm³/mol. The summed E-state index contributed by atoms with van der Waals surface area (Å²) in [7, 11) is 3.32. The lowest BCUT2D eigenvalue weighted by Crippen LogP contribution is -1.99. The molecule has 0 bridgehead atoms. The van der Waals surface area contributed by atoms with Gasteiger partial charge in [0, 0.05) is 12.2 Å². The van der Waals surface area contributed by atoms with Gasteiger partial charge in [0.1, 0.15) is 23.0 Å². The molecule has 0 aliphatic carbocycles. The molecule has 3 aromatic rings. The highest BCUT2D eigenvalue weighted by atomic mass is 16.5. The van der Waals surface area contributed by atoms with Crippen LogP contribution >= 0.6 is 0 Å². The molecule has 3 rings (SSSR count). The van der Waals surface area contributed by atoms with E-state index >= 15 is 0 Å². The fourth-order valence-electron chi connectivity index (χ4n) is 2.37. The van der Waals surface area contributed by atoms with Crippen molar-refractivity contribution in [1.29, 1.82) is 0 Å². The minimum absolute atomic E-state index is 0.753. The molecule has 0 fully saturated rings. The second kappa shape index (κ2) is 8.11. The number of rotatable bonds is 7. The Balaban J connectivity index is 1.55. The first kappa shape index (κ1) is 16.7. The molecule has 128 valence electrons. The molecule has 0 aliphatic rings. The maximum Gasteiger partial charge on any atom is 0.127 e. The van der Waals surface area contributed by atoms with Crippen LogP contribution in [0.15, 0.2) is 72.8 Å². The average Bonchev–Trinajstić information content (AvgIpc) is 2.68. The first-order valence-corrected chi connectivity index (χ1v) is 8.05. The molecule has 0 aromatic heterocycles. The Morgan fingerprint density at radius 2 is 1.04 bits per heavy atom. The van der Waals surface area contributed by atoms with Gasteiger partial charge >= 0.3 is 0 Å². The predicted octanol–water partition coefficient (Wildman–Crippen LogP) is 5.11. The largest absolute Gasteiger partial charge is 0.497 e. The average molecular weight is 335 g/mol. The van der Waals surface area contributed by atoms with E-state index in [0.29, 0.717) is 0 Å². The van der Waals surface area contributed by atoms with Gasteiger partial charge in [0.15, 0.2) is 0 Å². The minimum atomic E-state index is 0.753. The van der Waals surface area contributed by atoms with E-state index in [-0.39, 0.29) is 0 Å². The van der Waals surface area contributed by atoms with Crippen molar-refractivity contribution in [1.82, 2.24) is 0 Å². The standard InChI is InChI=1S/C21H21NO3/c1-23-18-7-3-16(4-8-18)15-22-17-5-9-20(10-6-17)25-21-13-11-19(24-2)12-14-21/h3-14,22H,15H2,1-2H3. The third-order valence-electron chi connectivity index (χ3n) is 3.81. The molecule has 0 heterocycles. The fraction of sp³-hybridized carbons (Fsp3) is 0.143. The summed E-state index contributed by atoms with van der Waals surface area (Å²) in [4.78, 5) is 0. The lowest BCUT2D eigenvalue weighted by molar-refractivity contribution is 0.413. The van der Waals surface area contributed by atoms with Crippen molar-refractivity contribution >= 4 is 5.69 Å². The van der Waals surface area contributed by atoms with E-state index in [1.165, 1.54) is 5.56 Å². The second-order valence-corrected chi connectivity index (χ2v) is 5.50. The highest BCUT2D eigenvalue weighted by Gasteiger charge is 2.00. The summed E-state index contributed by atoms with van der Waals surface area (Å²) in [5.74, 6) is 3.24. The maximum atomic E-state index is 5.82. The summed E-state index contributed by atoms with van der Waals surface area (Å²) in [6, 6.07) is 23.4. The molecule has 0 saturated carbocycles. The van der Waals surface area contributed by atoms with Crippen LogP contribution in [0.2, 0.25) is 0 Å². The quantitative estimate of drug-likeness (QED) is 0.651. The Kier molecular flexibility index (Phi) is 5.42. The third kappa shape index (κ3) is 4.67. The van der Waals surface area contributed by atoms with Gasteiger partial charge in [0.2, 0.25) is 0 Å². The Hall–Kier alpha value is -3.14. The van der Waals surface area contributed by atoms with Gasteiger partial charge in [-0.05, 0) is 66.2 Å². The van der Waals surface area contributed by atoms with Crippen molar-refractivity contribution in [3.63, 3.8) is 0 Å². The molecule has 1 N–H and O–H groups in total. The van der Waals surface area contributed by atoms with Gasteiger partial charge < -0.3 is 19.5 Å². The van der Waals surface area contributed by atoms with Crippen LogP contribution in [0.3, 0.4) is 0 Å². The summed E-state index contributed by atoms with van der Waals surface area (Å²) in [5.41, 5.74) is 2.23. The summed E-state index contributed by atoms with van der Waals surface area (Å²) in [5, 5.41) is 3.39. The van der Waals surface area contributed by atoms with E-state index in [1.54, 1.807) is 14.2 Å². The second-order valence-electron chi connectivity index (χ2n) is 5.50. The first-order valence-electron chi connectivity index (χ1n) is 8.05. The van der Waals surface area contributed by atoms with E-state index in [9.17, 15) is 0 Å². The highest BCUT2D eigenvalue weighted by Crippen LogP contribution is 2.25. The van der Waals surface area contributed by atoms with Crippen LogP contribution < -0.4 is 19.5 Å². The van der Waals surface area contributed by atoms with Crippen LogP contribution in [0.1, 0.15) is 5.56 Å². The molecule has 4 nitrogen and oxygen atoms in total. The topological polar surface area (TPSA) is 39.7 Å². The van der Waals surface area contributed by atoms with Crippen LogP contribution in [0.4, 0.5) is 5.69 Å². The molecule has 0 aliphatic heterocycles. The normalized spacial score (nSPS) is 10.2. The zero-order valence-corrected chi connectivity index (χ0v) is 14.4. The van der Waals surface area contributed by atoms with Crippen molar-refractivity contribution in [2.75, 3.05) is 19.5 Å². The number of ether oxygens (including phenoxy) is 3. The Morgan fingerprint density at radius 1 is 0.600 bits per heavy atom. The molecule has 25 heavy (non-hydrogen) atoms. The first-order chi connectivity index (χ1) is 12.3. The zero-order valence-electron chi connectivity index (χ0n) is 14.4. The summed E-state index contributed by atoms with van der Waals surface area (Å²) >= 11 is 0. The number of benzene rings is 3.